The van der Waals surface area contributed by atoms with E-state index in [9.17, 15) is 0 Å². The molecule has 0 saturated heterocycles. The lowest BCUT2D eigenvalue weighted by molar-refractivity contribution is 0.670. The lowest BCUT2D eigenvalue weighted by Gasteiger charge is -2.06. The predicted molar refractivity (Wildman–Crippen MR) is 83.1 cm³/mol. The number of imidazole rings is 1. The molecule has 0 saturated carbocycles. The normalized spacial score (nSPS) is 11.1. The van der Waals surface area contributed by atoms with E-state index in [2.05, 4.69) is 15.3 Å². The van der Waals surface area contributed by atoms with Gasteiger partial charge in [0.15, 0.2) is 0 Å². The molecule has 0 unspecified atom stereocenters. The first-order chi connectivity index (χ1) is 9.74. The van der Waals surface area contributed by atoms with E-state index in [0.29, 0.717) is 23.1 Å². The Morgan fingerprint density at radius 1 is 1.00 bits per heavy atom. The first kappa shape index (κ1) is 13.4. The number of hydrogen-bond donors (Lipinski definition) is 2. The van der Waals surface area contributed by atoms with Crippen molar-refractivity contribution >= 4 is 34.2 Å². The van der Waals surface area contributed by atoms with Crippen LogP contribution in [0, 0.1) is 0 Å². The Morgan fingerprint density at radius 3 is 2.70 bits per heavy atom. The molecule has 0 aliphatic rings. The van der Waals surface area contributed by atoms with Crippen LogP contribution in [0.2, 0.25) is 10.0 Å². The van der Waals surface area contributed by atoms with Gasteiger partial charge in [-0.1, -0.05) is 47.5 Å². The second-order valence-electron chi connectivity index (χ2n) is 4.52. The summed E-state index contributed by atoms with van der Waals surface area (Å²) in [7, 11) is 0. The molecule has 0 fully saturated rings. The molecule has 1 heterocycles. The van der Waals surface area contributed by atoms with Crippen LogP contribution in [0.3, 0.4) is 0 Å². The highest BCUT2D eigenvalue weighted by molar-refractivity contribution is 6.42. The highest BCUT2D eigenvalue weighted by Gasteiger charge is 2.05. The Bertz CT molecular complexity index is 704. The summed E-state index contributed by atoms with van der Waals surface area (Å²) < 4.78 is 0. The van der Waals surface area contributed by atoms with Crippen molar-refractivity contribution in [3.63, 3.8) is 0 Å². The highest BCUT2D eigenvalue weighted by atomic mass is 35.5. The van der Waals surface area contributed by atoms with Crippen molar-refractivity contribution in [1.29, 1.82) is 0 Å². The number of para-hydroxylation sites is 2. The Labute approximate surface area is 126 Å². The third kappa shape index (κ3) is 2.80. The second kappa shape index (κ2) is 5.83. The van der Waals surface area contributed by atoms with E-state index in [0.717, 1.165) is 22.4 Å². The summed E-state index contributed by atoms with van der Waals surface area (Å²) in [5.74, 6) is 0.907. The fraction of sp³-hybridized carbons (Fsp3) is 0.133. The number of aromatic amines is 1. The van der Waals surface area contributed by atoms with Crippen molar-refractivity contribution in [3.8, 4) is 0 Å². The molecule has 3 rings (SSSR count). The van der Waals surface area contributed by atoms with Crippen LogP contribution in [0.5, 0.6) is 0 Å². The van der Waals surface area contributed by atoms with Gasteiger partial charge in [0.05, 0.1) is 27.6 Å². The zero-order chi connectivity index (χ0) is 13.9. The fourth-order valence-electron chi connectivity index (χ4n) is 2.09. The van der Waals surface area contributed by atoms with E-state index in [4.69, 9.17) is 23.2 Å². The first-order valence-electron chi connectivity index (χ1n) is 6.31. The Kier molecular flexibility index (Phi) is 3.92. The maximum atomic E-state index is 6.14. The van der Waals surface area contributed by atoms with Crippen molar-refractivity contribution in [2.45, 2.75) is 13.1 Å². The lowest BCUT2D eigenvalue weighted by Crippen LogP contribution is -2.14. The van der Waals surface area contributed by atoms with Gasteiger partial charge in [0.25, 0.3) is 0 Å². The number of nitrogens with one attached hydrogen (secondary N) is 2. The van der Waals surface area contributed by atoms with E-state index in [-0.39, 0.29) is 0 Å². The first-order valence-corrected chi connectivity index (χ1v) is 7.07. The molecule has 2 aromatic carbocycles. The Morgan fingerprint density at radius 2 is 1.85 bits per heavy atom. The highest BCUT2D eigenvalue weighted by Crippen LogP contribution is 2.25. The molecule has 20 heavy (non-hydrogen) atoms. The van der Waals surface area contributed by atoms with Crippen LogP contribution in [0.1, 0.15) is 11.4 Å². The number of fused-ring (bicyclic) bond motifs is 1. The van der Waals surface area contributed by atoms with Crippen molar-refractivity contribution in [2.75, 3.05) is 0 Å². The largest absolute Gasteiger partial charge is 0.341 e. The zero-order valence-corrected chi connectivity index (χ0v) is 12.2. The van der Waals surface area contributed by atoms with Crippen molar-refractivity contribution < 1.29 is 0 Å². The molecule has 0 radical (unpaired) electrons. The van der Waals surface area contributed by atoms with Crippen LogP contribution < -0.4 is 5.32 Å². The minimum Gasteiger partial charge on any atom is -0.341 e. The SMILES string of the molecule is Clc1cccc(CNCc2nc3ccccc3[nH]2)c1Cl. The Hall–Kier alpha value is -1.55. The van der Waals surface area contributed by atoms with E-state index in [1.807, 2.05) is 36.4 Å². The van der Waals surface area contributed by atoms with Crippen LogP contribution in [-0.2, 0) is 13.1 Å². The average molecular weight is 306 g/mol. The van der Waals surface area contributed by atoms with Crippen molar-refractivity contribution in [2.24, 2.45) is 0 Å². The van der Waals surface area contributed by atoms with Gasteiger partial charge in [-0.25, -0.2) is 4.98 Å². The molecule has 0 atom stereocenters. The summed E-state index contributed by atoms with van der Waals surface area (Å²) in [6.45, 7) is 1.30. The molecule has 0 aliphatic heterocycles. The second-order valence-corrected chi connectivity index (χ2v) is 5.30. The van der Waals surface area contributed by atoms with Gasteiger partial charge in [0.1, 0.15) is 5.82 Å². The summed E-state index contributed by atoms with van der Waals surface area (Å²) in [5, 5.41) is 4.49. The third-order valence-corrected chi connectivity index (χ3v) is 3.94. The van der Waals surface area contributed by atoms with Gasteiger partial charge >= 0.3 is 0 Å². The van der Waals surface area contributed by atoms with Crippen LogP contribution in [-0.4, -0.2) is 9.97 Å². The van der Waals surface area contributed by atoms with E-state index >= 15 is 0 Å². The summed E-state index contributed by atoms with van der Waals surface area (Å²) in [4.78, 5) is 7.78. The average Bonchev–Trinajstić information content (AvgIpc) is 2.86. The summed E-state index contributed by atoms with van der Waals surface area (Å²) in [6.07, 6.45) is 0. The minimum atomic E-state index is 0.578. The fourth-order valence-corrected chi connectivity index (χ4v) is 2.48. The maximum Gasteiger partial charge on any atom is 0.121 e. The summed E-state index contributed by atoms with van der Waals surface area (Å²) in [5.41, 5.74) is 3.01. The molecule has 0 bridgehead atoms. The number of halogens is 2. The van der Waals surface area contributed by atoms with Crippen LogP contribution in [0.25, 0.3) is 11.0 Å². The predicted octanol–water partition coefficient (Wildman–Crippen LogP) is 4.16. The molecule has 1 aromatic heterocycles. The topological polar surface area (TPSA) is 40.7 Å². The number of hydrogen-bond acceptors (Lipinski definition) is 2. The molecule has 102 valence electrons. The molecular formula is C15H13Cl2N3. The number of H-pyrrole nitrogens is 1. The third-order valence-electron chi connectivity index (χ3n) is 3.08. The Balaban J connectivity index is 1.66. The maximum absolute atomic E-state index is 6.14. The molecule has 5 heteroatoms. The van der Waals surface area contributed by atoms with E-state index in [1.165, 1.54) is 0 Å². The van der Waals surface area contributed by atoms with E-state index in [1.54, 1.807) is 6.07 Å². The van der Waals surface area contributed by atoms with E-state index < -0.39 is 0 Å². The molecule has 0 aliphatic carbocycles. The monoisotopic (exact) mass is 305 g/mol. The van der Waals surface area contributed by atoms with Gasteiger partial charge in [0.2, 0.25) is 0 Å². The molecule has 0 amide bonds. The van der Waals surface area contributed by atoms with Crippen molar-refractivity contribution in [3.05, 3.63) is 63.9 Å². The molecule has 2 N–H and O–H groups in total. The van der Waals surface area contributed by atoms with Gasteiger partial charge in [-0.15, -0.1) is 0 Å². The van der Waals surface area contributed by atoms with Gasteiger partial charge in [-0.3, -0.25) is 0 Å². The van der Waals surface area contributed by atoms with Gasteiger partial charge in [-0.05, 0) is 23.8 Å². The van der Waals surface area contributed by atoms with Crippen LogP contribution >= 0.6 is 23.2 Å². The van der Waals surface area contributed by atoms with Crippen LogP contribution in [0.15, 0.2) is 42.5 Å². The molecule has 3 nitrogen and oxygen atoms in total. The summed E-state index contributed by atoms with van der Waals surface area (Å²) >= 11 is 12.1. The number of aromatic nitrogens is 2. The smallest absolute Gasteiger partial charge is 0.121 e. The molecule has 0 spiro atoms. The van der Waals surface area contributed by atoms with Gasteiger partial charge in [0, 0.05) is 6.54 Å². The van der Waals surface area contributed by atoms with Gasteiger partial charge in [-0.2, -0.15) is 0 Å². The van der Waals surface area contributed by atoms with Crippen LogP contribution in [0.4, 0.5) is 0 Å². The zero-order valence-electron chi connectivity index (χ0n) is 10.7. The quantitative estimate of drug-likeness (QED) is 0.760. The number of rotatable bonds is 4. The van der Waals surface area contributed by atoms with Crippen molar-refractivity contribution in [1.82, 2.24) is 15.3 Å². The van der Waals surface area contributed by atoms with Gasteiger partial charge < -0.3 is 10.3 Å². The number of nitrogens with zero attached hydrogens (tertiary/aromatic N) is 1. The lowest BCUT2D eigenvalue weighted by atomic mass is 10.2. The standard InChI is InChI=1S/C15H13Cl2N3/c16-11-5-3-4-10(15(11)17)8-18-9-14-19-12-6-1-2-7-13(12)20-14/h1-7,18H,8-9H2,(H,19,20). The minimum absolute atomic E-state index is 0.578. The summed E-state index contributed by atoms with van der Waals surface area (Å²) in [6, 6.07) is 13.6. The molecule has 3 aromatic rings. The molecular weight excluding hydrogens is 293 g/mol. The number of benzene rings is 2.